The number of nitrogens with one attached hydrogen (secondary N) is 1. The van der Waals surface area contributed by atoms with E-state index in [2.05, 4.69) is 17.1 Å². The van der Waals surface area contributed by atoms with Gasteiger partial charge in [-0.15, -0.1) is 0 Å². The molecule has 1 amide bonds. The first-order valence-electron chi connectivity index (χ1n) is 12.5. The summed E-state index contributed by atoms with van der Waals surface area (Å²) in [5.74, 6) is 1.55. The number of benzene rings is 3. The topological polar surface area (TPSA) is 78.5 Å². The van der Waals surface area contributed by atoms with E-state index < -0.39 is 0 Å². The number of amides is 1. The minimum atomic E-state index is -0.336. The van der Waals surface area contributed by atoms with Crippen molar-refractivity contribution in [2.24, 2.45) is 0 Å². The summed E-state index contributed by atoms with van der Waals surface area (Å²) in [6.07, 6.45) is 3.03. The number of hydrogen-bond donors (Lipinski definition) is 2. The van der Waals surface area contributed by atoms with Crippen molar-refractivity contribution in [3.63, 3.8) is 0 Å². The molecule has 4 aromatic rings. The lowest BCUT2D eigenvalue weighted by molar-refractivity contribution is 0.0740. The molecule has 1 atom stereocenters. The van der Waals surface area contributed by atoms with Gasteiger partial charge in [0.2, 0.25) is 0 Å². The maximum Gasteiger partial charge on any atom is 0.273 e. The molecule has 1 aliphatic rings. The number of phenolic OH excluding ortho intramolecular Hbond substituents is 1. The van der Waals surface area contributed by atoms with Crippen LogP contribution in [0.15, 0.2) is 66.7 Å². The second-order valence-electron chi connectivity index (χ2n) is 9.43. The summed E-state index contributed by atoms with van der Waals surface area (Å²) in [4.78, 5) is 15.5. The van der Waals surface area contributed by atoms with Gasteiger partial charge in [0, 0.05) is 17.7 Å². The van der Waals surface area contributed by atoms with Crippen LogP contribution < -0.4 is 4.74 Å². The van der Waals surface area contributed by atoms with Crippen molar-refractivity contribution in [1.82, 2.24) is 15.1 Å². The fraction of sp³-hybridized carbons (Fsp3) is 0.267. The van der Waals surface area contributed by atoms with Crippen LogP contribution in [0.2, 0.25) is 0 Å². The third-order valence-corrected chi connectivity index (χ3v) is 6.71. The highest BCUT2D eigenvalue weighted by molar-refractivity contribution is 6.00. The van der Waals surface area contributed by atoms with E-state index in [-0.39, 0.29) is 17.7 Å². The summed E-state index contributed by atoms with van der Waals surface area (Å²) < 4.78 is 6.11. The zero-order valence-electron chi connectivity index (χ0n) is 20.9. The van der Waals surface area contributed by atoms with E-state index in [0.717, 1.165) is 47.3 Å². The molecule has 1 unspecified atom stereocenters. The molecule has 3 aromatic carbocycles. The molecular weight excluding hydrogens is 450 g/mol. The quantitative estimate of drug-likeness (QED) is 0.268. The molecule has 6 heteroatoms. The van der Waals surface area contributed by atoms with Crippen LogP contribution in [0.4, 0.5) is 0 Å². The van der Waals surface area contributed by atoms with Crippen molar-refractivity contribution < 1.29 is 14.6 Å². The molecule has 1 aromatic heterocycles. The molecule has 2 N–H and O–H groups in total. The zero-order chi connectivity index (χ0) is 25.2. The summed E-state index contributed by atoms with van der Waals surface area (Å²) in [7, 11) is 0. The Balaban J connectivity index is 1.61. The summed E-state index contributed by atoms with van der Waals surface area (Å²) in [6, 6.07) is 21.0. The Labute approximate surface area is 211 Å². The third-order valence-electron chi connectivity index (χ3n) is 6.71. The van der Waals surface area contributed by atoms with E-state index in [4.69, 9.17) is 4.74 Å². The summed E-state index contributed by atoms with van der Waals surface area (Å²) in [5, 5.41) is 18.4. The first-order chi connectivity index (χ1) is 17.5. The second kappa shape index (κ2) is 9.90. The average molecular weight is 482 g/mol. The molecule has 0 saturated heterocycles. The zero-order valence-corrected chi connectivity index (χ0v) is 20.9. The highest BCUT2D eigenvalue weighted by Crippen LogP contribution is 2.46. The number of para-hydroxylation sites is 1. The number of aromatic nitrogens is 2. The van der Waals surface area contributed by atoms with Crippen molar-refractivity contribution in [3.05, 3.63) is 94.7 Å². The van der Waals surface area contributed by atoms with E-state index >= 15 is 0 Å². The first-order valence-corrected chi connectivity index (χ1v) is 12.5. The normalized spacial score (nSPS) is 14.8. The van der Waals surface area contributed by atoms with Gasteiger partial charge in [0.05, 0.1) is 6.04 Å². The molecule has 6 nitrogen and oxygen atoms in total. The number of carbonyl (C=O) groups excluding carboxylic acids is 1. The molecule has 184 valence electrons. The molecule has 0 spiro atoms. The molecule has 0 bridgehead atoms. The lowest BCUT2D eigenvalue weighted by Gasteiger charge is -2.27. The van der Waals surface area contributed by atoms with Crippen LogP contribution in [0, 0.1) is 13.8 Å². The summed E-state index contributed by atoms with van der Waals surface area (Å²) in [5.41, 5.74) is 5.39. The van der Waals surface area contributed by atoms with Crippen LogP contribution in [-0.4, -0.2) is 32.7 Å². The molecular formula is C30H31N3O3. The Bertz CT molecular complexity index is 1370. The van der Waals surface area contributed by atoms with Gasteiger partial charge in [0.1, 0.15) is 28.6 Å². The van der Waals surface area contributed by atoms with E-state index in [1.54, 1.807) is 6.07 Å². The van der Waals surface area contributed by atoms with Crippen LogP contribution in [0.25, 0.3) is 11.3 Å². The number of ether oxygens (including phenoxy) is 1. The fourth-order valence-electron chi connectivity index (χ4n) is 5.12. The van der Waals surface area contributed by atoms with Crippen molar-refractivity contribution in [2.45, 2.75) is 46.1 Å². The SMILES string of the molecule is CCCCCN1C(=O)c2[nH]nc(-c3c(C)cc(C)cc3O)c2C1c1cccc(Oc2ccccc2)c1. The minimum Gasteiger partial charge on any atom is -0.507 e. The number of H-pyrrole nitrogens is 1. The molecule has 1 aliphatic heterocycles. The maximum absolute atomic E-state index is 13.6. The smallest absolute Gasteiger partial charge is 0.273 e. The van der Waals surface area contributed by atoms with Gasteiger partial charge in [-0.05, 0) is 67.3 Å². The second-order valence-corrected chi connectivity index (χ2v) is 9.43. The maximum atomic E-state index is 13.6. The molecule has 0 fully saturated rings. The van der Waals surface area contributed by atoms with Gasteiger partial charge >= 0.3 is 0 Å². The Morgan fingerprint density at radius 1 is 1.00 bits per heavy atom. The van der Waals surface area contributed by atoms with Crippen molar-refractivity contribution in [3.8, 4) is 28.5 Å². The Morgan fingerprint density at radius 2 is 1.78 bits per heavy atom. The van der Waals surface area contributed by atoms with Gasteiger partial charge in [-0.3, -0.25) is 9.89 Å². The number of hydrogen-bond acceptors (Lipinski definition) is 4. The molecule has 36 heavy (non-hydrogen) atoms. The van der Waals surface area contributed by atoms with Gasteiger partial charge in [-0.25, -0.2) is 0 Å². The monoisotopic (exact) mass is 481 g/mol. The van der Waals surface area contributed by atoms with Crippen molar-refractivity contribution >= 4 is 5.91 Å². The number of nitrogens with zero attached hydrogens (tertiary/aromatic N) is 2. The standard InChI is InChI=1S/C30H31N3O3/c1-4-5-9-15-33-29(21-11-10-14-23(18-21)36-22-12-7-6-8-13-22)26-27(31-32-28(26)30(33)35)25-20(3)16-19(2)17-24(25)34/h6-8,10-14,16-18,29,34H,4-5,9,15H2,1-3H3,(H,31,32). The van der Waals surface area contributed by atoms with Crippen LogP contribution in [0.3, 0.4) is 0 Å². The number of rotatable bonds is 8. The fourth-order valence-corrected chi connectivity index (χ4v) is 5.12. The third kappa shape index (κ3) is 4.35. The Kier molecular flexibility index (Phi) is 6.51. The van der Waals surface area contributed by atoms with Crippen LogP contribution in [0.5, 0.6) is 17.2 Å². The van der Waals surface area contributed by atoms with E-state index in [1.807, 2.05) is 79.4 Å². The van der Waals surface area contributed by atoms with Gasteiger partial charge < -0.3 is 14.7 Å². The predicted octanol–water partition coefficient (Wildman–Crippen LogP) is 6.93. The highest BCUT2D eigenvalue weighted by Gasteiger charge is 2.42. The lowest BCUT2D eigenvalue weighted by Crippen LogP contribution is -2.30. The number of carbonyl (C=O) groups is 1. The number of aromatic hydroxyl groups is 1. The lowest BCUT2D eigenvalue weighted by atomic mass is 9.93. The van der Waals surface area contributed by atoms with E-state index in [0.29, 0.717) is 29.2 Å². The first kappa shape index (κ1) is 23.7. The average Bonchev–Trinajstić information content (AvgIpc) is 3.38. The minimum absolute atomic E-state index is 0.0662. The molecule has 2 heterocycles. The number of aryl methyl sites for hydroxylation is 2. The highest BCUT2D eigenvalue weighted by atomic mass is 16.5. The summed E-state index contributed by atoms with van der Waals surface area (Å²) in [6.45, 7) is 6.71. The van der Waals surface area contributed by atoms with Crippen molar-refractivity contribution in [2.75, 3.05) is 6.54 Å². The Morgan fingerprint density at radius 3 is 2.53 bits per heavy atom. The number of unbranched alkanes of at least 4 members (excludes halogenated alkanes) is 2. The Hall–Kier alpha value is -4.06. The van der Waals surface area contributed by atoms with Gasteiger partial charge in [0.25, 0.3) is 5.91 Å². The van der Waals surface area contributed by atoms with Crippen LogP contribution >= 0.6 is 0 Å². The molecule has 0 saturated carbocycles. The summed E-state index contributed by atoms with van der Waals surface area (Å²) >= 11 is 0. The molecule has 0 aliphatic carbocycles. The predicted molar refractivity (Wildman–Crippen MR) is 141 cm³/mol. The van der Waals surface area contributed by atoms with E-state index in [1.165, 1.54) is 0 Å². The van der Waals surface area contributed by atoms with Crippen molar-refractivity contribution in [1.29, 1.82) is 0 Å². The van der Waals surface area contributed by atoms with E-state index in [9.17, 15) is 9.90 Å². The number of fused-ring (bicyclic) bond motifs is 1. The van der Waals surface area contributed by atoms with Crippen LogP contribution in [0.1, 0.15) is 65.0 Å². The molecule has 0 radical (unpaired) electrons. The van der Waals surface area contributed by atoms with Crippen LogP contribution in [-0.2, 0) is 0 Å². The molecule has 5 rings (SSSR count). The largest absolute Gasteiger partial charge is 0.507 e. The van der Waals surface area contributed by atoms with Gasteiger partial charge in [0.15, 0.2) is 0 Å². The van der Waals surface area contributed by atoms with Gasteiger partial charge in [-0.1, -0.05) is 56.2 Å². The van der Waals surface area contributed by atoms with Gasteiger partial charge in [-0.2, -0.15) is 5.10 Å². The number of phenols is 1. The number of aromatic amines is 1.